The fourth-order valence-electron chi connectivity index (χ4n) is 1.92. The fraction of sp³-hybridized carbons (Fsp3) is 0.846. The zero-order chi connectivity index (χ0) is 17.3. The predicted molar refractivity (Wildman–Crippen MR) is 84.2 cm³/mol. The zero-order valence-corrected chi connectivity index (χ0v) is 14.5. The van der Waals surface area contributed by atoms with Gasteiger partial charge in [-0.3, -0.25) is 14.2 Å². The van der Waals surface area contributed by atoms with Crippen molar-refractivity contribution < 1.29 is 23.9 Å². The van der Waals surface area contributed by atoms with Crippen molar-refractivity contribution in [1.82, 2.24) is 16.0 Å². The summed E-state index contributed by atoms with van der Waals surface area (Å²) in [5.41, 5.74) is 0. The van der Waals surface area contributed by atoms with Crippen molar-refractivity contribution >= 4 is 19.4 Å². The van der Waals surface area contributed by atoms with Crippen LogP contribution in [0.15, 0.2) is 0 Å². The van der Waals surface area contributed by atoms with Gasteiger partial charge in [-0.2, -0.15) is 0 Å². The van der Waals surface area contributed by atoms with E-state index in [0.717, 1.165) is 6.42 Å². The van der Waals surface area contributed by atoms with E-state index in [1.807, 2.05) is 13.8 Å². The average Bonchev–Trinajstić information content (AvgIpc) is 2.42. The van der Waals surface area contributed by atoms with Crippen LogP contribution >= 0.6 is 7.60 Å². The highest BCUT2D eigenvalue weighted by Gasteiger charge is 2.30. The summed E-state index contributed by atoms with van der Waals surface area (Å²) in [6, 6.07) is -1.20. The zero-order valence-electron chi connectivity index (χ0n) is 13.6. The van der Waals surface area contributed by atoms with Gasteiger partial charge in [0.05, 0.1) is 6.04 Å². The number of hydrogen-bond acceptors (Lipinski definition) is 4. The molecule has 0 aliphatic rings. The molecule has 0 radical (unpaired) electrons. The van der Waals surface area contributed by atoms with Gasteiger partial charge in [-0.15, -0.1) is 0 Å². The van der Waals surface area contributed by atoms with Gasteiger partial charge in [0, 0.05) is 0 Å². The lowest BCUT2D eigenvalue weighted by Crippen LogP contribution is -2.53. The maximum atomic E-state index is 12.1. The number of hydrogen-bond donors (Lipinski definition) is 5. The summed E-state index contributed by atoms with van der Waals surface area (Å²) in [5, 5.41) is 7.79. The minimum Gasteiger partial charge on any atom is -0.343 e. The van der Waals surface area contributed by atoms with E-state index in [0.29, 0.717) is 19.3 Å². The summed E-state index contributed by atoms with van der Waals surface area (Å²) < 4.78 is 11.1. The van der Waals surface area contributed by atoms with E-state index in [1.54, 1.807) is 7.05 Å². The second-order valence-electron chi connectivity index (χ2n) is 5.25. The molecule has 9 heteroatoms. The van der Waals surface area contributed by atoms with Crippen LogP contribution in [0.25, 0.3) is 0 Å². The maximum Gasteiger partial charge on any atom is 0.347 e. The van der Waals surface area contributed by atoms with Gasteiger partial charge in [-0.05, 0) is 26.8 Å². The number of nitrogens with one attached hydrogen (secondary N) is 3. The Bertz CT molecular complexity index is 412. The van der Waals surface area contributed by atoms with Crippen LogP contribution < -0.4 is 16.0 Å². The largest absolute Gasteiger partial charge is 0.347 e. The highest BCUT2D eigenvalue weighted by Crippen LogP contribution is 2.39. The van der Waals surface area contributed by atoms with Gasteiger partial charge < -0.3 is 25.7 Å². The van der Waals surface area contributed by atoms with E-state index < -0.39 is 31.4 Å². The molecule has 2 amide bonds. The first-order chi connectivity index (χ1) is 10.2. The summed E-state index contributed by atoms with van der Waals surface area (Å²) in [6.45, 7) is 5.05. The van der Waals surface area contributed by atoms with Crippen molar-refractivity contribution in [3.8, 4) is 0 Å². The Morgan fingerprint density at radius 3 is 1.86 bits per heavy atom. The van der Waals surface area contributed by atoms with E-state index in [4.69, 9.17) is 9.79 Å². The first-order valence-corrected chi connectivity index (χ1v) is 9.18. The van der Waals surface area contributed by atoms with Gasteiger partial charge in [0.1, 0.15) is 11.8 Å². The van der Waals surface area contributed by atoms with Gasteiger partial charge in [0.25, 0.3) is 0 Å². The molecule has 0 saturated heterocycles. The third-order valence-electron chi connectivity index (χ3n) is 3.31. The molecule has 0 fully saturated rings. The fourth-order valence-corrected chi connectivity index (χ4v) is 2.21. The average molecular weight is 337 g/mol. The van der Waals surface area contributed by atoms with Crippen molar-refractivity contribution in [2.24, 2.45) is 0 Å². The molecule has 8 nitrogen and oxygen atoms in total. The van der Waals surface area contributed by atoms with Gasteiger partial charge >= 0.3 is 7.60 Å². The minimum atomic E-state index is -4.40. The lowest BCUT2D eigenvalue weighted by atomic mass is 10.1. The van der Waals surface area contributed by atoms with E-state index in [-0.39, 0.29) is 5.91 Å². The third-order valence-corrected chi connectivity index (χ3v) is 4.45. The van der Waals surface area contributed by atoms with E-state index in [2.05, 4.69) is 16.0 Å². The Balaban J connectivity index is 4.81. The Hall–Kier alpha value is -0.950. The topological polar surface area (TPSA) is 128 Å². The first-order valence-electron chi connectivity index (χ1n) is 7.50. The molecule has 0 spiro atoms. The van der Waals surface area contributed by atoms with Crippen LogP contribution in [0.2, 0.25) is 0 Å². The smallest absolute Gasteiger partial charge is 0.343 e. The molecule has 0 aromatic rings. The standard InChI is InChI=1S/C13H28N3O5P/c1-5-7-10(14-4)12(17)16-11(8-6-2)13(18)15-9(3)22(19,20)21/h9-11,14H,5-8H2,1-4H3,(H,15,18)(H,16,17)(H2,19,20,21)/t9-,10+,11+/m1/s1. The monoisotopic (exact) mass is 337 g/mol. The molecule has 0 heterocycles. The summed E-state index contributed by atoms with van der Waals surface area (Å²) in [6.07, 6.45) is 2.51. The quantitative estimate of drug-likeness (QED) is 0.365. The van der Waals surface area contributed by atoms with Crippen molar-refractivity contribution in [3.63, 3.8) is 0 Å². The summed E-state index contributed by atoms with van der Waals surface area (Å²) in [7, 11) is -2.72. The van der Waals surface area contributed by atoms with Crippen LogP contribution in [0.5, 0.6) is 0 Å². The molecule has 22 heavy (non-hydrogen) atoms. The number of likely N-dealkylation sites (N-methyl/N-ethyl adjacent to an activating group) is 1. The number of amides is 2. The van der Waals surface area contributed by atoms with Crippen LogP contribution in [-0.2, 0) is 14.2 Å². The highest BCUT2D eigenvalue weighted by molar-refractivity contribution is 7.52. The summed E-state index contributed by atoms with van der Waals surface area (Å²) in [5.74, 6) is -2.16. The van der Waals surface area contributed by atoms with Crippen LogP contribution in [0.1, 0.15) is 46.5 Å². The lowest BCUT2D eigenvalue weighted by molar-refractivity contribution is -0.130. The van der Waals surface area contributed by atoms with Crippen molar-refractivity contribution in [3.05, 3.63) is 0 Å². The Morgan fingerprint density at radius 2 is 1.45 bits per heavy atom. The first kappa shape index (κ1) is 21.0. The molecule has 0 bridgehead atoms. The van der Waals surface area contributed by atoms with E-state index in [1.165, 1.54) is 6.92 Å². The third kappa shape index (κ3) is 7.35. The van der Waals surface area contributed by atoms with E-state index in [9.17, 15) is 14.2 Å². The van der Waals surface area contributed by atoms with Gasteiger partial charge in [0.15, 0.2) is 0 Å². The number of carbonyl (C=O) groups excluding carboxylic acids is 2. The highest BCUT2D eigenvalue weighted by atomic mass is 31.2. The molecule has 0 unspecified atom stereocenters. The molecule has 0 aliphatic carbocycles. The van der Waals surface area contributed by atoms with Gasteiger partial charge in [0.2, 0.25) is 11.8 Å². The molecule has 0 aromatic heterocycles. The molecule has 0 saturated carbocycles. The maximum absolute atomic E-state index is 12.1. The Kier molecular flexibility index (Phi) is 9.51. The van der Waals surface area contributed by atoms with Crippen molar-refractivity contribution in [2.45, 2.75) is 64.3 Å². The van der Waals surface area contributed by atoms with Gasteiger partial charge in [-0.25, -0.2) is 0 Å². The lowest BCUT2D eigenvalue weighted by Gasteiger charge is -2.23. The molecule has 130 valence electrons. The normalized spacial score (nSPS) is 15.7. The molecule has 0 aromatic carbocycles. The van der Waals surface area contributed by atoms with Gasteiger partial charge in [-0.1, -0.05) is 26.7 Å². The van der Waals surface area contributed by atoms with Crippen LogP contribution in [0.3, 0.4) is 0 Å². The Morgan fingerprint density at radius 1 is 1.00 bits per heavy atom. The van der Waals surface area contributed by atoms with Crippen molar-refractivity contribution in [1.29, 1.82) is 0 Å². The summed E-state index contributed by atoms with van der Waals surface area (Å²) >= 11 is 0. The molecular formula is C13H28N3O5P. The van der Waals surface area contributed by atoms with Crippen molar-refractivity contribution in [2.75, 3.05) is 7.05 Å². The second kappa shape index (κ2) is 9.94. The molecule has 5 N–H and O–H groups in total. The van der Waals surface area contributed by atoms with Crippen LogP contribution in [-0.4, -0.2) is 46.5 Å². The molecule has 0 rings (SSSR count). The minimum absolute atomic E-state index is 0.290. The SMILES string of the molecule is CCC[C@H](NC)C(=O)N[C@@H](CCC)C(=O)N[C@@H](C)P(=O)(O)O. The number of rotatable bonds is 10. The van der Waals surface area contributed by atoms with Crippen LogP contribution in [0.4, 0.5) is 0 Å². The number of carbonyl (C=O) groups is 2. The molecule has 3 atom stereocenters. The second-order valence-corrected chi connectivity index (χ2v) is 7.21. The summed E-state index contributed by atoms with van der Waals surface area (Å²) in [4.78, 5) is 42.3. The Labute approximate surface area is 131 Å². The van der Waals surface area contributed by atoms with E-state index >= 15 is 0 Å². The van der Waals surface area contributed by atoms with Crippen LogP contribution in [0, 0.1) is 0 Å². The molecular weight excluding hydrogens is 309 g/mol. The predicted octanol–water partition coefficient (Wildman–Crippen LogP) is 0.299. The molecule has 0 aliphatic heterocycles.